The molecule has 0 aliphatic carbocycles. The van der Waals surface area contributed by atoms with Crippen LogP contribution in [-0.2, 0) is 4.79 Å². The molecule has 0 bridgehead atoms. The Balaban J connectivity index is 2.18. The number of benzene rings is 1. The average molecular weight is 351 g/mol. The van der Waals surface area contributed by atoms with Gasteiger partial charge in [-0.25, -0.2) is 4.79 Å². The van der Waals surface area contributed by atoms with Crippen molar-refractivity contribution in [1.29, 1.82) is 0 Å². The van der Waals surface area contributed by atoms with Crippen LogP contribution in [0.5, 0.6) is 0 Å². The molecule has 1 aliphatic rings. The third kappa shape index (κ3) is 3.32. The summed E-state index contributed by atoms with van der Waals surface area (Å²) in [6.45, 7) is 3.48. The van der Waals surface area contributed by atoms with E-state index in [9.17, 15) is 19.5 Å². The zero-order chi connectivity index (χ0) is 17.9. The highest BCUT2D eigenvalue weighted by Crippen LogP contribution is 2.31. The molecule has 1 aromatic rings. The number of carbonyl (C=O) groups is 3. The van der Waals surface area contributed by atoms with Gasteiger partial charge >= 0.3 is 12.0 Å². The molecule has 1 aromatic carbocycles. The zero-order valence-corrected chi connectivity index (χ0v) is 14.7. The number of hydrogen-bond donors (Lipinski definition) is 3. The lowest BCUT2D eigenvalue weighted by Gasteiger charge is -2.31. The number of hydrogen-bond acceptors (Lipinski definition) is 4. The van der Waals surface area contributed by atoms with Gasteiger partial charge in [-0.2, -0.15) is 21.9 Å². The predicted molar refractivity (Wildman–Crippen MR) is 93.0 cm³/mol. The van der Waals surface area contributed by atoms with E-state index < -0.39 is 22.5 Å². The molecule has 1 heterocycles. The van der Waals surface area contributed by atoms with Crippen molar-refractivity contribution in [2.45, 2.75) is 32.4 Å². The topological polar surface area (TPSA) is 83.5 Å². The lowest BCUT2D eigenvalue weighted by atomic mass is 10.1. The van der Waals surface area contributed by atoms with Crippen LogP contribution in [0.2, 0.25) is 0 Å². The Kier molecular flexibility index (Phi) is 5.66. The maximum absolute atomic E-state index is 12.7. The van der Waals surface area contributed by atoms with Gasteiger partial charge in [0.25, 0.3) is 5.91 Å². The fraction of sp³-hybridized carbons (Fsp3) is 0.471. The Hall–Kier alpha value is -1.86. The van der Waals surface area contributed by atoms with Crippen LogP contribution < -0.4 is 5.32 Å². The highest BCUT2D eigenvalue weighted by molar-refractivity contribution is 7.80. The maximum atomic E-state index is 12.7. The first-order chi connectivity index (χ1) is 11.3. The summed E-state index contributed by atoms with van der Waals surface area (Å²) in [7, 11) is 0. The Morgan fingerprint density at radius 3 is 2.50 bits per heavy atom. The van der Waals surface area contributed by atoms with Crippen LogP contribution in [0.4, 0.5) is 4.79 Å². The second-order valence-electron chi connectivity index (χ2n) is 6.38. The molecule has 0 saturated carbocycles. The van der Waals surface area contributed by atoms with Crippen LogP contribution in [0.3, 0.4) is 0 Å². The van der Waals surface area contributed by atoms with Crippen LogP contribution in [0, 0.1) is 5.92 Å². The van der Waals surface area contributed by atoms with Gasteiger partial charge in [0.05, 0.1) is 12.0 Å². The van der Waals surface area contributed by atoms with E-state index in [1.807, 2.05) is 6.07 Å². The molecule has 4 atom stereocenters. The Morgan fingerprint density at radius 1 is 1.33 bits per heavy atom. The molecule has 3 amide bonds. The Labute approximate surface area is 146 Å². The zero-order valence-electron chi connectivity index (χ0n) is 13.8. The van der Waals surface area contributed by atoms with E-state index in [0.717, 1.165) is 0 Å². The van der Waals surface area contributed by atoms with E-state index in [4.69, 9.17) is 0 Å². The van der Waals surface area contributed by atoms with E-state index in [1.54, 1.807) is 38.1 Å². The summed E-state index contributed by atoms with van der Waals surface area (Å²) < 4.78 is -0.651. The molecular formula is C17H23N2O4S+. The van der Waals surface area contributed by atoms with Crippen LogP contribution in [0.15, 0.2) is 30.3 Å². The first-order valence-electron chi connectivity index (χ1n) is 7.95. The summed E-state index contributed by atoms with van der Waals surface area (Å²) in [5.74, 6) is -0.787. The quantitative estimate of drug-likeness (QED) is 0.573. The number of quaternary nitrogens is 1. The standard InChI is InChI=1S/C17H22N2O4S/c1-11(10-24)16(21)19(17(22)23)9-14(8-12(19)2)18-15(20)13-6-4-3-5-7-13/h3-7,11-12,14H,8-10H2,1-2H3,(H2-,18,20,22,23,24)/p+1/t11?,12?,14-,19-/m0/s1. The Morgan fingerprint density at radius 2 is 1.96 bits per heavy atom. The highest BCUT2D eigenvalue weighted by atomic mass is 32.1. The summed E-state index contributed by atoms with van der Waals surface area (Å²) in [4.78, 5) is 36.9. The van der Waals surface area contributed by atoms with Crippen molar-refractivity contribution in [1.82, 2.24) is 5.32 Å². The molecule has 7 heteroatoms. The lowest BCUT2D eigenvalue weighted by Crippen LogP contribution is -2.61. The van der Waals surface area contributed by atoms with Gasteiger partial charge in [0.15, 0.2) is 0 Å². The second-order valence-corrected chi connectivity index (χ2v) is 6.74. The molecule has 24 heavy (non-hydrogen) atoms. The van der Waals surface area contributed by atoms with Crippen molar-refractivity contribution >= 4 is 30.5 Å². The normalized spacial score (nSPS) is 27.5. The summed E-state index contributed by atoms with van der Waals surface area (Å²) in [5, 5.41) is 12.6. The fourth-order valence-electron chi connectivity index (χ4n) is 3.30. The van der Waals surface area contributed by atoms with Gasteiger partial charge in [-0.3, -0.25) is 4.79 Å². The fourth-order valence-corrected chi connectivity index (χ4v) is 3.45. The number of likely N-dealkylation sites (tertiary alicyclic amines) is 1. The van der Waals surface area contributed by atoms with Crippen molar-refractivity contribution in [3.8, 4) is 0 Å². The van der Waals surface area contributed by atoms with Crippen molar-refractivity contribution in [3.63, 3.8) is 0 Å². The largest absolute Gasteiger partial charge is 0.521 e. The van der Waals surface area contributed by atoms with Crippen molar-refractivity contribution in [2.75, 3.05) is 12.3 Å². The van der Waals surface area contributed by atoms with Gasteiger partial charge in [0, 0.05) is 17.7 Å². The molecule has 0 spiro atoms. The SMILES string of the molecule is CC(CS)C(=O)[N@+]1(C(=O)O)C[C@@H](NC(=O)c2ccccc2)CC1C. The summed E-state index contributed by atoms with van der Waals surface area (Å²) in [6, 6.07) is 7.97. The maximum Gasteiger partial charge on any atom is 0.521 e. The second kappa shape index (κ2) is 7.36. The van der Waals surface area contributed by atoms with Gasteiger partial charge < -0.3 is 10.4 Å². The van der Waals surface area contributed by atoms with E-state index in [1.165, 1.54) is 0 Å². The van der Waals surface area contributed by atoms with Crippen molar-refractivity contribution < 1.29 is 24.0 Å². The third-order valence-corrected chi connectivity index (χ3v) is 5.24. The minimum Gasteiger partial charge on any atom is -0.435 e. The highest BCUT2D eigenvalue weighted by Gasteiger charge is 2.57. The van der Waals surface area contributed by atoms with Gasteiger partial charge in [-0.1, -0.05) is 18.2 Å². The smallest absolute Gasteiger partial charge is 0.435 e. The number of carbonyl (C=O) groups excluding carboxylic acids is 2. The van der Waals surface area contributed by atoms with E-state index in [-0.39, 0.29) is 24.4 Å². The van der Waals surface area contributed by atoms with E-state index >= 15 is 0 Å². The number of carboxylic acid groups (broad SMARTS) is 1. The molecular weight excluding hydrogens is 328 g/mol. The third-order valence-electron chi connectivity index (χ3n) is 4.69. The number of nitrogens with one attached hydrogen (secondary N) is 1. The first kappa shape index (κ1) is 18.5. The van der Waals surface area contributed by atoms with E-state index in [0.29, 0.717) is 17.7 Å². The molecule has 130 valence electrons. The average Bonchev–Trinajstić information content (AvgIpc) is 2.91. The van der Waals surface area contributed by atoms with Crippen LogP contribution >= 0.6 is 12.6 Å². The molecule has 2 unspecified atom stereocenters. The molecule has 1 fully saturated rings. The number of imide groups is 1. The first-order valence-corrected chi connectivity index (χ1v) is 8.58. The minimum atomic E-state index is -1.17. The van der Waals surface area contributed by atoms with Crippen LogP contribution in [0.25, 0.3) is 0 Å². The minimum absolute atomic E-state index is 0.0615. The van der Waals surface area contributed by atoms with Gasteiger partial charge in [-0.05, 0) is 26.0 Å². The van der Waals surface area contributed by atoms with Gasteiger partial charge in [0.2, 0.25) is 0 Å². The van der Waals surface area contributed by atoms with Crippen LogP contribution in [0.1, 0.15) is 30.6 Å². The number of amides is 3. The monoisotopic (exact) mass is 351 g/mol. The lowest BCUT2D eigenvalue weighted by molar-refractivity contribution is -0.794. The molecule has 0 aromatic heterocycles. The summed E-state index contributed by atoms with van der Waals surface area (Å²) in [6.07, 6.45) is -0.729. The summed E-state index contributed by atoms with van der Waals surface area (Å²) in [5.41, 5.74) is 0.514. The number of thiol groups is 1. The van der Waals surface area contributed by atoms with Crippen molar-refractivity contribution in [3.05, 3.63) is 35.9 Å². The molecule has 2 N–H and O–H groups in total. The predicted octanol–water partition coefficient (Wildman–Crippen LogP) is 2.16. The molecule has 0 radical (unpaired) electrons. The number of rotatable bonds is 4. The molecule has 6 nitrogen and oxygen atoms in total. The van der Waals surface area contributed by atoms with Gasteiger partial charge in [-0.15, -0.1) is 0 Å². The number of nitrogens with zero attached hydrogens (tertiary/aromatic N) is 1. The Bertz CT molecular complexity index is 637. The summed E-state index contributed by atoms with van der Waals surface area (Å²) >= 11 is 4.12. The molecule has 2 rings (SSSR count). The molecule has 1 aliphatic heterocycles. The van der Waals surface area contributed by atoms with Gasteiger partial charge in [0.1, 0.15) is 12.6 Å². The van der Waals surface area contributed by atoms with Crippen LogP contribution in [-0.4, -0.2) is 51.9 Å². The van der Waals surface area contributed by atoms with E-state index in [2.05, 4.69) is 17.9 Å². The van der Waals surface area contributed by atoms with Crippen molar-refractivity contribution in [2.24, 2.45) is 5.92 Å². The molecule has 1 saturated heterocycles.